The average Bonchev–Trinajstić information content (AvgIpc) is 2.66. The number of carbonyl (C=O) groups excluding carboxylic acids is 1. The molecule has 0 spiro atoms. The van der Waals surface area contributed by atoms with Crippen LogP contribution < -0.4 is 15.2 Å². The third-order valence-electron chi connectivity index (χ3n) is 3.87. The minimum absolute atomic E-state index is 0.166. The van der Waals surface area contributed by atoms with Crippen LogP contribution in [0, 0.1) is 0 Å². The van der Waals surface area contributed by atoms with E-state index in [1.54, 1.807) is 24.3 Å². The first kappa shape index (κ1) is 20.7. The van der Waals surface area contributed by atoms with Gasteiger partial charge in [-0.15, -0.1) is 0 Å². The zero-order chi connectivity index (χ0) is 19.9. The van der Waals surface area contributed by atoms with Crippen molar-refractivity contribution in [3.8, 4) is 11.5 Å². The largest absolute Gasteiger partial charge is 0.465 e. The lowest BCUT2D eigenvalue weighted by molar-refractivity contribution is 0.0601. The minimum Gasteiger partial charge on any atom is -0.465 e. The molecule has 0 bridgehead atoms. The lowest BCUT2D eigenvalue weighted by Gasteiger charge is -2.10. The molecule has 0 aromatic heterocycles. The molecule has 0 fully saturated rings. The first-order chi connectivity index (χ1) is 12.9. The van der Waals surface area contributed by atoms with E-state index in [9.17, 15) is 13.2 Å². The second kappa shape index (κ2) is 9.38. The Bertz CT molecular complexity index is 879. The van der Waals surface area contributed by atoms with Crippen LogP contribution in [-0.2, 0) is 14.8 Å². The van der Waals surface area contributed by atoms with E-state index in [-0.39, 0.29) is 16.1 Å². The van der Waals surface area contributed by atoms with Gasteiger partial charge in [-0.25, -0.2) is 17.9 Å². The average molecular weight is 392 g/mol. The SMILES string of the molecule is CCCCCNS(=O)(=O)c1ccc(Oc2ccc(N)c(C(=O)OC)c2)cc1. The topological polar surface area (TPSA) is 108 Å². The van der Waals surface area contributed by atoms with Crippen LogP contribution >= 0.6 is 0 Å². The van der Waals surface area contributed by atoms with Gasteiger partial charge in [0.1, 0.15) is 11.5 Å². The number of anilines is 1. The summed E-state index contributed by atoms with van der Waals surface area (Å²) in [6.07, 6.45) is 2.80. The van der Waals surface area contributed by atoms with Gasteiger partial charge in [0.2, 0.25) is 10.0 Å². The highest BCUT2D eigenvalue weighted by Crippen LogP contribution is 2.26. The highest BCUT2D eigenvalue weighted by atomic mass is 32.2. The van der Waals surface area contributed by atoms with Crippen molar-refractivity contribution >= 4 is 21.7 Å². The van der Waals surface area contributed by atoms with Gasteiger partial charge in [-0.3, -0.25) is 0 Å². The molecule has 27 heavy (non-hydrogen) atoms. The Hall–Kier alpha value is -2.58. The molecule has 0 heterocycles. The Labute approximate surface area is 159 Å². The van der Waals surface area contributed by atoms with Crippen molar-refractivity contribution in [1.29, 1.82) is 0 Å². The van der Waals surface area contributed by atoms with Gasteiger partial charge in [-0.2, -0.15) is 0 Å². The number of unbranched alkanes of at least 4 members (excludes halogenated alkanes) is 2. The van der Waals surface area contributed by atoms with E-state index in [1.165, 1.54) is 25.3 Å². The number of hydrogen-bond donors (Lipinski definition) is 2. The maximum Gasteiger partial charge on any atom is 0.340 e. The van der Waals surface area contributed by atoms with Crippen LogP contribution in [0.1, 0.15) is 36.5 Å². The third kappa shape index (κ3) is 5.70. The fourth-order valence-corrected chi connectivity index (χ4v) is 3.45. The van der Waals surface area contributed by atoms with Crippen molar-refractivity contribution in [2.75, 3.05) is 19.4 Å². The summed E-state index contributed by atoms with van der Waals surface area (Å²) >= 11 is 0. The van der Waals surface area contributed by atoms with E-state index in [0.29, 0.717) is 18.0 Å². The van der Waals surface area contributed by atoms with Gasteiger partial charge in [0.15, 0.2) is 0 Å². The number of methoxy groups -OCH3 is 1. The first-order valence-electron chi connectivity index (χ1n) is 8.63. The van der Waals surface area contributed by atoms with Crippen molar-refractivity contribution in [3.63, 3.8) is 0 Å². The predicted octanol–water partition coefficient (Wildman–Crippen LogP) is 3.32. The number of carbonyl (C=O) groups is 1. The highest BCUT2D eigenvalue weighted by molar-refractivity contribution is 7.89. The number of esters is 1. The molecular weight excluding hydrogens is 368 g/mol. The van der Waals surface area contributed by atoms with E-state index < -0.39 is 16.0 Å². The predicted molar refractivity (Wildman–Crippen MR) is 103 cm³/mol. The van der Waals surface area contributed by atoms with Crippen molar-refractivity contribution in [2.45, 2.75) is 31.1 Å². The number of rotatable bonds is 9. The monoisotopic (exact) mass is 392 g/mol. The summed E-state index contributed by atoms with van der Waals surface area (Å²) in [6, 6.07) is 10.7. The summed E-state index contributed by atoms with van der Waals surface area (Å²) in [4.78, 5) is 11.9. The molecule has 0 aliphatic heterocycles. The van der Waals surface area contributed by atoms with Crippen molar-refractivity contribution in [2.24, 2.45) is 0 Å². The minimum atomic E-state index is -3.54. The number of benzene rings is 2. The molecular formula is C19H24N2O5S. The van der Waals surface area contributed by atoms with E-state index >= 15 is 0 Å². The number of hydrogen-bond acceptors (Lipinski definition) is 6. The molecule has 2 rings (SSSR count). The quantitative estimate of drug-likeness (QED) is 0.385. The molecule has 0 saturated heterocycles. The smallest absolute Gasteiger partial charge is 0.340 e. The Morgan fingerprint density at radius 2 is 1.74 bits per heavy atom. The Kier molecular flexibility index (Phi) is 7.20. The number of ether oxygens (including phenoxy) is 2. The van der Waals surface area contributed by atoms with Gasteiger partial charge in [-0.1, -0.05) is 19.8 Å². The number of nitrogens with two attached hydrogens (primary N) is 1. The number of nitrogens with one attached hydrogen (secondary N) is 1. The van der Waals surface area contributed by atoms with Crippen LogP contribution in [0.15, 0.2) is 47.4 Å². The molecule has 2 aromatic rings. The summed E-state index contributed by atoms with van der Waals surface area (Å²) in [7, 11) is -2.27. The van der Waals surface area contributed by atoms with Gasteiger partial charge in [0, 0.05) is 12.2 Å². The molecule has 0 aliphatic rings. The second-order valence-corrected chi connectivity index (χ2v) is 7.69. The summed E-state index contributed by atoms with van der Waals surface area (Å²) < 4.78 is 37.4. The van der Waals surface area contributed by atoms with Gasteiger partial charge in [0.25, 0.3) is 0 Å². The summed E-state index contributed by atoms with van der Waals surface area (Å²) in [6.45, 7) is 2.47. The first-order valence-corrected chi connectivity index (χ1v) is 10.1. The lowest BCUT2D eigenvalue weighted by atomic mass is 10.1. The Morgan fingerprint density at radius 1 is 1.07 bits per heavy atom. The molecule has 0 atom stereocenters. The van der Waals surface area contributed by atoms with Gasteiger partial charge in [0.05, 0.1) is 17.6 Å². The molecule has 0 radical (unpaired) electrons. The van der Waals surface area contributed by atoms with E-state index in [1.807, 2.05) is 0 Å². The van der Waals surface area contributed by atoms with Crippen LogP contribution in [-0.4, -0.2) is 28.0 Å². The zero-order valence-electron chi connectivity index (χ0n) is 15.4. The van der Waals surface area contributed by atoms with Crippen molar-refractivity contribution < 1.29 is 22.7 Å². The van der Waals surface area contributed by atoms with Crippen molar-refractivity contribution in [3.05, 3.63) is 48.0 Å². The molecule has 3 N–H and O–H groups in total. The molecule has 0 saturated carbocycles. The second-order valence-electron chi connectivity index (χ2n) is 5.92. The van der Waals surface area contributed by atoms with Gasteiger partial charge >= 0.3 is 5.97 Å². The van der Waals surface area contributed by atoms with Crippen LogP contribution in [0.5, 0.6) is 11.5 Å². The van der Waals surface area contributed by atoms with E-state index in [4.69, 9.17) is 10.5 Å². The fourth-order valence-electron chi connectivity index (χ4n) is 2.37. The maximum absolute atomic E-state index is 12.2. The summed E-state index contributed by atoms with van der Waals surface area (Å²) in [5.74, 6) is 0.256. The standard InChI is InChI=1S/C19H24N2O5S/c1-3-4-5-12-21-27(23,24)16-9-6-14(7-10-16)26-15-8-11-18(20)17(13-15)19(22)25-2/h6-11,13,21H,3-5,12,20H2,1-2H3. The van der Waals surface area contributed by atoms with Crippen LogP contribution in [0.25, 0.3) is 0 Å². The van der Waals surface area contributed by atoms with E-state index in [2.05, 4.69) is 16.4 Å². The van der Waals surface area contributed by atoms with Crippen LogP contribution in [0.3, 0.4) is 0 Å². The van der Waals surface area contributed by atoms with E-state index in [0.717, 1.165) is 19.3 Å². The van der Waals surface area contributed by atoms with Gasteiger partial charge < -0.3 is 15.2 Å². The summed E-state index contributed by atoms with van der Waals surface area (Å²) in [5.41, 5.74) is 6.24. The Morgan fingerprint density at radius 3 is 2.37 bits per heavy atom. The molecule has 0 amide bonds. The molecule has 8 heteroatoms. The molecule has 0 unspecified atom stereocenters. The lowest BCUT2D eigenvalue weighted by Crippen LogP contribution is -2.24. The van der Waals surface area contributed by atoms with Gasteiger partial charge in [-0.05, 0) is 48.9 Å². The fraction of sp³-hybridized carbons (Fsp3) is 0.316. The number of nitrogen functional groups attached to an aromatic ring is 1. The zero-order valence-corrected chi connectivity index (χ0v) is 16.2. The highest BCUT2D eigenvalue weighted by Gasteiger charge is 2.14. The van der Waals surface area contributed by atoms with Crippen LogP contribution in [0.4, 0.5) is 5.69 Å². The molecule has 0 aliphatic carbocycles. The Balaban J connectivity index is 2.09. The van der Waals surface area contributed by atoms with Crippen molar-refractivity contribution in [1.82, 2.24) is 4.72 Å². The number of sulfonamides is 1. The summed E-state index contributed by atoms with van der Waals surface area (Å²) in [5, 5.41) is 0. The molecule has 146 valence electrons. The van der Waals surface area contributed by atoms with Crippen LogP contribution in [0.2, 0.25) is 0 Å². The molecule has 2 aromatic carbocycles. The third-order valence-corrected chi connectivity index (χ3v) is 5.35. The normalized spacial score (nSPS) is 11.2. The maximum atomic E-state index is 12.2. The molecule has 7 nitrogen and oxygen atoms in total.